The van der Waals surface area contributed by atoms with Crippen LogP contribution in [0.2, 0.25) is 0 Å². The van der Waals surface area contributed by atoms with E-state index in [1.807, 2.05) is 0 Å². The number of ether oxygens (including phenoxy) is 5. The van der Waals surface area contributed by atoms with Crippen LogP contribution in [0, 0.1) is 447 Å². The van der Waals surface area contributed by atoms with Crippen molar-refractivity contribution in [2.75, 3.05) is 19.8 Å². The molecule has 25 heteroatoms. The Hall–Kier alpha value is 13.8. The van der Waals surface area contributed by atoms with Crippen molar-refractivity contribution in [3.63, 3.8) is 0 Å². The summed E-state index contributed by atoms with van der Waals surface area (Å²) in [6.45, 7) is 1.40. The third-order valence-corrected chi connectivity index (χ3v) is 6.81. The summed E-state index contributed by atoms with van der Waals surface area (Å²) in [4.78, 5) is 0. The molecule has 3 saturated heterocycles. The molecule has 0 aromatic rings. The summed E-state index contributed by atoms with van der Waals surface area (Å²) in [5, 5.41) is 101. The van der Waals surface area contributed by atoms with Gasteiger partial charge in [-0.3, -0.25) is 0 Å². The fourth-order valence-corrected chi connectivity index (χ4v) is 4.66. The summed E-state index contributed by atoms with van der Waals surface area (Å²) in [6, 6.07) is 0. The molecule has 242 valence electrons. The van der Waals surface area contributed by atoms with Gasteiger partial charge in [-0.1, -0.05) is 13.8 Å². The van der Waals surface area contributed by atoms with Gasteiger partial charge in [-0.05, 0) is 5.92 Å². The first-order valence-electron chi connectivity index (χ1n) is 11.8. The Labute approximate surface area is 627 Å². The van der Waals surface area contributed by atoms with Gasteiger partial charge in [-0.25, -0.2) is 0 Å². The average molecular weight is 2800 g/mol. The monoisotopic (exact) mass is 2800 g/mol. The second kappa shape index (κ2) is 40.3. The van der Waals surface area contributed by atoms with E-state index in [0.717, 1.165) is 0 Å². The van der Waals surface area contributed by atoms with Gasteiger partial charge in [0, 0.05) is 441 Å². The van der Waals surface area contributed by atoms with Gasteiger partial charge in [-0.2, -0.15) is 0 Å². The smallest absolute Gasteiger partial charge is 0.187 e. The Balaban J connectivity index is -0.000000241. The van der Waals surface area contributed by atoms with Gasteiger partial charge in [0.2, 0.25) is 0 Å². The third kappa shape index (κ3) is 22.1. The zero-order valence-corrected chi connectivity index (χ0v) is 73.1. The second-order valence-corrected chi connectivity index (χ2v) is 9.65. The van der Waals surface area contributed by atoms with Crippen LogP contribution in [0.15, 0.2) is 0 Å². The molecule has 0 aromatic carbocycles. The van der Waals surface area contributed by atoms with Crippen LogP contribution < -0.4 is 0 Å². The van der Waals surface area contributed by atoms with Crippen LogP contribution in [0.5, 0.6) is 0 Å². The van der Waals surface area contributed by atoms with E-state index in [-0.39, 0.29) is 447 Å². The molecule has 46 heavy (non-hydrogen) atoms. The van der Waals surface area contributed by atoms with Gasteiger partial charge < -0.3 is 74.7 Å². The zero-order chi connectivity index (χ0) is 26.9. The molecule has 0 amide bonds. The first-order chi connectivity index (χ1) is 17.0. The molecule has 10 radical (unpaired) electrons. The van der Waals surface area contributed by atoms with Crippen LogP contribution in [-0.2, 0) is 23.7 Å². The van der Waals surface area contributed by atoms with E-state index in [1.54, 1.807) is 13.8 Å². The van der Waals surface area contributed by atoms with E-state index in [2.05, 4.69) is 0 Å². The molecule has 3 rings (SSSR count). The summed E-state index contributed by atoms with van der Waals surface area (Å²) in [6.07, 6.45) is -22.7. The Bertz CT molecular complexity index is 712. The largest absolute Gasteiger partial charge is 0.394 e. The maximum absolute atomic E-state index is 10.7. The maximum Gasteiger partial charge on any atom is 0.187 e. The van der Waals surface area contributed by atoms with Crippen molar-refractivity contribution in [1.29, 1.82) is 0 Å². The van der Waals surface area contributed by atoms with Crippen molar-refractivity contribution < 1.29 is 515 Å². The van der Waals surface area contributed by atoms with Gasteiger partial charge in [0.25, 0.3) is 0 Å². The van der Waals surface area contributed by atoms with Gasteiger partial charge >= 0.3 is 0 Å². The zero-order valence-electron chi connectivity index (χ0n) is 25.6. The molecule has 0 saturated carbocycles. The summed E-state index contributed by atoms with van der Waals surface area (Å²) < 4.78 is 27.5. The quantitative estimate of drug-likeness (QED) is 0.109. The van der Waals surface area contributed by atoms with Gasteiger partial charge in [-0.15, -0.1) is 0 Å². The Kier molecular flexibility index (Phi) is 67.6. The summed E-state index contributed by atoms with van der Waals surface area (Å²) in [5.41, 5.74) is 0. The van der Waals surface area contributed by atoms with E-state index in [9.17, 15) is 51.1 Å². The number of aliphatic hydroxyl groups is 10. The topological polar surface area (TPSA) is 248 Å². The Morgan fingerprint density at radius 2 is 0.761 bits per heavy atom. The van der Waals surface area contributed by atoms with Crippen LogP contribution >= 0.6 is 0 Å². The average Bonchev–Trinajstić information content (AvgIpc) is 2.86. The van der Waals surface area contributed by atoms with E-state index in [4.69, 9.17) is 23.7 Å². The number of hydrogen-bond acceptors (Lipinski definition) is 15. The molecule has 3 aliphatic heterocycles. The maximum atomic E-state index is 10.7. The molecule has 3 aliphatic rings. The van der Waals surface area contributed by atoms with Crippen molar-refractivity contribution in [3.05, 3.63) is 0 Å². The predicted molar refractivity (Wildman–Crippen MR) is 114 cm³/mol. The molecular weight excluding hydrogens is 2760 g/mol. The predicted octanol–water partition coefficient (Wildman–Crippen LogP) is -5.87. The van der Waals surface area contributed by atoms with E-state index in [1.165, 1.54) is 0 Å². The minimum absolute atomic E-state index is 0. The molecule has 0 aromatic heterocycles. The van der Waals surface area contributed by atoms with Crippen molar-refractivity contribution >= 4 is 0 Å². The minimum atomic E-state index is -1.85. The molecule has 6 unspecified atom stereocenters. The van der Waals surface area contributed by atoms with Crippen LogP contribution in [0.1, 0.15) is 13.8 Å². The standard InChI is InChI=1S/C21H38O15.10Ac/c1-6(2)17-12(27)13(28)18(8(4-23)32-17)35-21-16(31)14(29)19(9(5-24)34-21)36-20-15(30)11(26)10(25)7(3-22)33-20;;;;;;;;;;/h6-31H,3-5H2,1-2H3;;;;;;;;;;/t7?,8?,9?,10-,11-,12?,13+,14+,15?,16?,17-,18-,19-,20-,21-;;;;;;;;;;/m0........../s1. The second-order valence-electron chi connectivity index (χ2n) is 9.65. The molecule has 0 aliphatic carbocycles. The fraction of sp³-hybridized carbons (Fsp3) is 1.00. The van der Waals surface area contributed by atoms with Crippen LogP contribution in [0.25, 0.3) is 0 Å². The molecule has 0 bridgehead atoms. The summed E-state index contributed by atoms with van der Waals surface area (Å²) in [5.74, 6) is -0.206. The van der Waals surface area contributed by atoms with E-state index >= 15 is 0 Å². The summed E-state index contributed by atoms with van der Waals surface area (Å²) >= 11 is 0. The van der Waals surface area contributed by atoms with Crippen molar-refractivity contribution in [1.82, 2.24) is 0 Å². The van der Waals surface area contributed by atoms with Crippen LogP contribution in [0.4, 0.5) is 0 Å². The van der Waals surface area contributed by atoms with E-state index in [0.29, 0.717) is 0 Å². The summed E-state index contributed by atoms with van der Waals surface area (Å²) in [7, 11) is 0. The first-order valence-corrected chi connectivity index (χ1v) is 11.8. The van der Waals surface area contributed by atoms with E-state index < -0.39 is 112 Å². The number of rotatable bonds is 8. The molecule has 15 nitrogen and oxygen atoms in total. The first kappa shape index (κ1) is 77.1. The normalized spacial score (nSPS) is 39.5. The fourth-order valence-electron chi connectivity index (χ4n) is 4.66. The molecule has 10 N–H and O–H groups in total. The molecule has 3 fully saturated rings. The Morgan fingerprint density at radius 1 is 0.435 bits per heavy atom. The van der Waals surface area contributed by atoms with Crippen LogP contribution in [0.3, 0.4) is 0 Å². The molecule has 0 spiro atoms. The third-order valence-electron chi connectivity index (χ3n) is 6.81. The molecule has 3 heterocycles. The van der Waals surface area contributed by atoms with Gasteiger partial charge in [0.15, 0.2) is 12.6 Å². The van der Waals surface area contributed by atoms with Crippen LogP contribution in [-0.4, -0.2) is 163 Å². The number of hydrogen-bond donors (Lipinski definition) is 10. The van der Waals surface area contributed by atoms with Gasteiger partial charge in [0.1, 0.15) is 73.2 Å². The van der Waals surface area contributed by atoms with Crippen molar-refractivity contribution in [2.45, 2.75) is 106 Å². The van der Waals surface area contributed by atoms with Crippen molar-refractivity contribution in [3.8, 4) is 0 Å². The molecule has 15 atom stereocenters. The van der Waals surface area contributed by atoms with Gasteiger partial charge in [0.05, 0.1) is 25.9 Å². The number of aliphatic hydroxyl groups excluding tert-OH is 10. The molecular formula is C21H38Ac10O15. The Morgan fingerprint density at radius 3 is 1.13 bits per heavy atom. The minimum Gasteiger partial charge on any atom is -0.394 e. The SMILES string of the molecule is CC(C)[C@@H]1OC(CO)[C@H](O[C@@H]2OC(CO)[C@H](O[C@@H]3OC(CO)[C@H](O)[C@H](O)C3O)[C@H](O)C2O)[C@H](O)C1O.[Ac].[Ac].[Ac].[Ac].[Ac].[Ac].[Ac].[Ac].[Ac].[Ac]. The van der Waals surface area contributed by atoms with Crippen molar-refractivity contribution in [2.24, 2.45) is 5.92 Å².